The fourth-order valence-corrected chi connectivity index (χ4v) is 2.52. The van der Waals surface area contributed by atoms with Crippen molar-refractivity contribution in [1.29, 1.82) is 0 Å². The summed E-state index contributed by atoms with van der Waals surface area (Å²) in [5.74, 6) is -1.08. The largest absolute Gasteiger partial charge is 0.478 e. The van der Waals surface area contributed by atoms with E-state index in [2.05, 4.69) is 4.98 Å². The molecule has 2 rings (SSSR count). The number of nitrogens with zero attached hydrogens (tertiary/aromatic N) is 1. The highest BCUT2D eigenvalue weighted by atomic mass is 35.5. The average Bonchev–Trinajstić information content (AvgIpc) is 2.46. The predicted octanol–water partition coefficient (Wildman–Crippen LogP) is 2.54. The van der Waals surface area contributed by atoms with Gasteiger partial charge in [-0.15, -0.1) is 11.3 Å². The number of aromatic nitrogens is 1. The maximum atomic E-state index is 11.0. The van der Waals surface area contributed by atoms with Gasteiger partial charge >= 0.3 is 5.97 Å². The molecule has 78 valence electrons. The Morgan fingerprint density at radius 1 is 1.67 bits per heavy atom. The first-order valence-corrected chi connectivity index (χ1v) is 5.28. The molecule has 0 aliphatic carbocycles. The Bertz CT molecular complexity index is 565. The Morgan fingerprint density at radius 3 is 2.93 bits per heavy atom. The minimum atomic E-state index is -1.08. The van der Waals surface area contributed by atoms with Crippen molar-refractivity contribution in [2.45, 2.75) is 6.92 Å². The van der Waals surface area contributed by atoms with E-state index in [9.17, 15) is 4.79 Å². The molecule has 0 radical (unpaired) electrons. The zero-order chi connectivity index (χ0) is 11.2. The molecule has 1 aromatic heterocycles. The van der Waals surface area contributed by atoms with Gasteiger partial charge in [0.2, 0.25) is 0 Å². The molecule has 0 unspecified atom stereocenters. The van der Waals surface area contributed by atoms with Crippen molar-refractivity contribution in [2.75, 3.05) is 5.73 Å². The van der Waals surface area contributed by atoms with Crippen LogP contribution in [0.2, 0.25) is 5.02 Å². The summed E-state index contributed by atoms with van der Waals surface area (Å²) in [6, 6.07) is 1.59. The fraction of sp³-hybridized carbons (Fsp3) is 0.111. The number of fused-ring (bicyclic) bond motifs is 1. The van der Waals surface area contributed by atoms with Gasteiger partial charge in [0.05, 0.1) is 25.9 Å². The topological polar surface area (TPSA) is 76.2 Å². The molecule has 0 aliphatic heterocycles. The van der Waals surface area contributed by atoms with E-state index >= 15 is 0 Å². The van der Waals surface area contributed by atoms with Gasteiger partial charge in [-0.1, -0.05) is 11.6 Å². The molecule has 6 heteroatoms. The summed E-state index contributed by atoms with van der Waals surface area (Å²) in [4.78, 5) is 15.2. The first-order chi connectivity index (χ1) is 7.00. The molecule has 0 atom stereocenters. The van der Waals surface area contributed by atoms with Gasteiger partial charge in [-0.3, -0.25) is 0 Å². The number of carboxylic acids is 1. The highest BCUT2D eigenvalue weighted by molar-refractivity contribution is 7.19. The number of anilines is 1. The number of benzene rings is 1. The summed E-state index contributed by atoms with van der Waals surface area (Å²) in [6.45, 7) is 1.81. The molecule has 2 aromatic rings. The van der Waals surface area contributed by atoms with Crippen LogP contribution in [0.3, 0.4) is 0 Å². The lowest BCUT2D eigenvalue weighted by molar-refractivity contribution is 0.0700. The van der Waals surface area contributed by atoms with Crippen molar-refractivity contribution < 1.29 is 9.90 Å². The Kier molecular flexibility index (Phi) is 2.28. The molecule has 0 saturated carbocycles. The number of carbonyl (C=O) groups is 1. The second kappa shape index (κ2) is 3.36. The van der Waals surface area contributed by atoms with Crippen LogP contribution >= 0.6 is 22.9 Å². The van der Waals surface area contributed by atoms with Gasteiger partial charge in [-0.05, 0) is 13.0 Å². The van der Waals surface area contributed by atoms with Crippen LogP contribution in [0.25, 0.3) is 10.2 Å². The Hall–Kier alpha value is -1.33. The van der Waals surface area contributed by atoms with E-state index in [1.54, 1.807) is 13.0 Å². The first kappa shape index (κ1) is 10.2. The minimum Gasteiger partial charge on any atom is -0.478 e. The molecule has 0 bridgehead atoms. The lowest BCUT2D eigenvalue weighted by Gasteiger charge is -2.03. The molecule has 1 heterocycles. The highest BCUT2D eigenvalue weighted by Gasteiger charge is 2.18. The SMILES string of the molecule is Cc1nc2cc(Cl)c(N)c(C(=O)O)c2s1. The molecule has 0 spiro atoms. The lowest BCUT2D eigenvalue weighted by atomic mass is 10.1. The number of aromatic carboxylic acids is 1. The van der Waals surface area contributed by atoms with Crippen molar-refractivity contribution >= 4 is 44.8 Å². The molecule has 0 fully saturated rings. The average molecular weight is 243 g/mol. The zero-order valence-electron chi connectivity index (χ0n) is 7.74. The van der Waals surface area contributed by atoms with Gasteiger partial charge in [0, 0.05) is 0 Å². The molecule has 0 aliphatic rings. The van der Waals surface area contributed by atoms with Crippen molar-refractivity contribution in [2.24, 2.45) is 0 Å². The molecule has 0 saturated heterocycles. The van der Waals surface area contributed by atoms with Crippen LogP contribution in [-0.2, 0) is 0 Å². The number of carboxylic acid groups (broad SMARTS) is 1. The second-order valence-electron chi connectivity index (χ2n) is 3.03. The molecule has 3 N–H and O–H groups in total. The second-order valence-corrected chi connectivity index (χ2v) is 4.64. The maximum Gasteiger partial charge on any atom is 0.339 e. The lowest BCUT2D eigenvalue weighted by Crippen LogP contribution is -2.03. The van der Waals surface area contributed by atoms with Crippen LogP contribution in [0, 0.1) is 6.92 Å². The predicted molar refractivity (Wildman–Crippen MR) is 60.7 cm³/mol. The third-order valence-corrected chi connectivity index (χ3v) is 3.31. The number of hydrogen-bond donors (Lipinski definition) is 2. The summed E-state index contributed by atoms with van der Waals surface area (Å²) < 4.78 is 0.571. The number of halogens is 1. The van der Waals surface area contributed by atoms with Gasteiger partial charge in [0.1, 0.15) is 5.56 Å². The van der Waals surface area contributed by atoms with Crippen molar-refractivity contribution in [3.05, 3.63) is 21.7 Å². The Balaban J connectivity index is 2.94. The van der Waals surface area contributed by atoms with Crippen molar-refractivity contribution in [3.8, 4) is 0 Å². The number of nitrogens with two attached hydrogens (primary N) is 1. The number of aryl methyl sites for hydroxylation is 1. The fourth-order valence-electron chi connectivity index (χ4n) is 1.37. The smallest absolute Gasteiger partial charge is 0.339 e. The highest BCUT2D eigenvalue weighted by Crippen LogP contribution is 2.34. The number of hydrogen-bond acceptors (Lipinski definition) is 4. The van der Waals surface area contributed by atoms with Gasteiger partial charge < -0.3 is 10.8 Å². The minimum absolute atomic E-state index is 0.0445. The van der Waals surface area contributed by atoms with E-state index in [-0.39, 0.29) is 16.3 Å². The number of thiazole rings is 1. The van der Waals surface area contributed by atoms with Gasteiger partial charge in [0.15, 0.2) is 0 Å². The Morgan fingerprint density at radius 2 is 2.33 bits per heavy atom. The third-order valence-electron chi connectivity index (χ3n) is 1.99. The summed E-state index contributed by atoms with van der Waals surface area (Å²) in [7, 11) is 0. The van der Waals surface area contributed by atoms with Crippen molar-refractivity contribution in [3.63, 3.8) is 0 Å². The van der Waals surface area contributed by atoms with Gasteiger partial charge in [-0.2, -0.15) is 0 Å². The summed E-state index contributed by atoms with van der Waals surface area (Å²) in [5, 5.41) is 10.1. The molecule has 4 nitrogen and oxygen atoms in total. The number of rotatable bonds is 1. The van der Waals surface area contributed by atoms with E-state index in [1.165, 1.54) is 11.3 Å². The number of nitrogen functional groups attached to an aromatic ring is 1. The van der Waals surface area contributed by atoms with Crippen LogP contribution in [0.5, 0.6) is 0 Å². The third kappa shape index (κ3) is 1.53. The first-order valence-electron chi connectivity index (χ1n) is 4.09. The normalized spacial score (nSPS) is 10.8. The summed E-state index contributed by atoms with van der Waals surface area (Å²) >= 11 is 7.12. The van der Waals surface area contributed by atoms with E-state index in [0.717, 1.165) is 5.01 Å². The van der Waals surface area contributed by atoms with Crippen LogP contribution in [0.15, 0.2) is 6.07 Å². The monoisotopic (exact) mass is 242 g/mol. The molecular formula is C9H7ClN2O2S. The quantitative estimate of drug-likeness (QED) is 0.754. The maximum absolute atomic E-state index is 11.0. The van der Waals surface area contributed by atoms with Crippen LogP contribution < -0.4 is 5.73 Å². The van der Waals surface area contributed by atoms with Gasteiger partial charge in [0.25, 0.3) is 0 Å². The van der Waals surface area contributed by atoms with E-state index in [0.29, 0.717) is 10.2 Å². The molecular weight excluding hydrogens is 236 g/mol. The van der Waals surface area contributed by atoms with E-state index < -0.39 is 5.97 Å². The van der Waals surface area contributed by atoms with Crippen LogP contribution in [-0.4, -0.2) is 16.1 Å². The summed E-state index contributed by atoms with van der Waals surface area (Å²) in [5.41, 5.74) is 6.34. The van der Waals surface area contributed by atoms with Crippen LogP contribution in [0.4, 0.5) is 5.69 Å². The Labute approximate surface area is 94.3 Å². The molecule has 15 heavy (non-hydrogen) atoms. The van der Waals surface area contributed by atoms with E-state index in [4.69, 9.17) is 22.4 Å². The standard InChI is InChI=1S/C9H7ClN2O2S/c1-3-12-5-2-4(10)7(11)6(9(13)14)8(5)15-3/h2H,11H2,1H3,(H,13,14). The van der Waals surface area contributed by atoms with Crippen molar-refractivity contribution in [1.82, 2.24) is 4.98 Å². The van der Waals surface area contributed by atoms with Crippen LogP contribution in [0.1, 0.15) is 15.4 Å². The van der Waals surface area contributed by atoms with E-state index in [1.807, 2.05) is 0 Å². The van der Waals surface area contributed by atoms with Gasteiger partial charge in [-0.25, -0.2) is 9.78 Å². The molecule has 1 aromatic carbocycles. The zero-order valence-corrected chi connectivity index (χ0v) is 9.32. The molecule has 0 amide bonds. The summed E-state index contributed by atoms with van der Waals surface area (Å²) in [6.07, 6.45) is 0.